The van der Waals surface area contributed by atoms with Gasteiger partial charge < -0.3 is 10.2 Å². The van der Waals surface area contributed by atoms with Gasteiger partial charge in [-0.25, -0.2) is 4.98 Å². The van der Waals surface area contributed by atoms with Crippen molar-refractivity contribution in [3.8, 4) is 0 Å². The van der Waals surface area contributed by atoms with Crippen molar-refractivity contribution in [2.75, 3.05) is 34.2 Å². The third-order valence-corrected chi connectivity index (χ3v) is 4.19. The van der Waals surface area contributed by atoms with E-state index in [1.165, 1.54) is 30.2 Å². The van der Waals surface area contributed by atoms with Crippen molar-refractivity contribution in [1.29, 1.82) is 0 Å². The van der Waals surface area contributed by atoms with E-state index in [0.717, 1.165) is 13.1 Å². The molecule has 2 rings (SSSR count). The van der Waals surface area contributed by atoms with Crippen molar-refractivity contribution >= 4 is 11.3 Å². The number of hydrogen-bond acceptors (Lipinski definition) is 5. The summed E-state index contributed by atoms with van der Waals surface area (Å²) in [5.41, 5.74) is 1.22. The fourth-order valence-electron chi connectivity index (χ4n) is 2.26. The highest BCUT2D eigenvalue weighted by atomic mass is 32.1. The maximum atomic E-state index is 4.63. The molecule has 0 amide bonds. The zero-order chi connectivity index (χ0) is 12.3. The lowest BCUT2D eigenvalue weighted by atomic mass is 10.2. The number of aromatic nitrogens is 1. The van der Waals surface area contributed by atoms with E-state index in [0.29, 0.717) is 6.04 Å². The van der Waals surface area contributed by atoms with Gasteiger partial charge in [-0.2, -0.15) is 0 Å². The van der Waals surface area contributed by atoms with Crippen LogP contribution in [0.5, 0.6) is 0 Å². The first-order chi connectivity index (χ1) is 8.19. The molecule has 5 heteroatoms. The minimum atomic E-state index is 0.713. The highest BCUT2D eigenvalue weighted by Gasteiger charge is 2.24. The molecule has 0 spiro atoms. The van der Waals surface area contributed by atoms with Gasteiger partial charge in [-0.3, -0.25) is 4.90 Å². The number of rotatable bonds is 5. The average molecular weight is 254 g/mol. The number of thiazole rings is 1. The SMILES string of the molecule is CNCc1nc(CN2CCC(N(C)C)C2)cs1. The molecule has 0 bridgehead atoms. The van der Waals surface area contributed by atoms with E-state index in [1.807, 2.05) is 7.05 Å². The Kier molecular flexibility index (Phi) is 4.50. The van der Waals surface area contributed by atoms with Gasteiger partial charge in [-0.05, 0) is 27.6 Å². The zero-order valence-electron chi connectivity index (χ0n) is 10.9. The van der Waals surface area contributed by atoms with Crippen LogP contribution < -0.4 is 5.32 Å². The van der Waals surface area contributed by atoms with Gasteiger partial charge in [0, 0.05) is 37.6 Å². The van der Waals surface area contributed by atoms with Crippen LogP contribution in [-0.2, 0) is 13.1 Å². The summed E-state index contributed by atoms with van der Waals surface area (Å²) >= 11 is 1.75. The van der Waals surface area contributed by atoms with Crippen LogP contribution in [0.3, 0.4) is 0 Å². The molecule has 0 aliphatic carbocycles. The molecule has 4 nitrogen and oxygen atoms in total. The van der Waals surface area contributed by atoms with Gasteiger partial charge in [0.05, 0.1) is 5.69 Å². The molecular formula is C12H22N4S. The van der Waals surface area contributed by atoms with Crippen LogP contribution in [0.4, 0.5) is 0 Å². The molecule has 0 saturated carbocycles. The van der Waals surface area contributed by atoms with Crippen molar-refractivity contribution < 1.29 is 0 Å². The molecule has 2 heterocycles. The summed E-state index contributed by atoms with van der Waals surface area (Å²) in [7, 11) is 6.30. The normalized spacial score (nSPS) is 21.5. The van der Waals surface area contributed by atoms with Crippen molar-refractivity contribution in [2.24, 2.45) is 0 Å². The molecule has 1 aromatic rings. The molecule has 1 atom stereocenters. The molecule has 1 saturated heterocycles. The Labute approximate surface area is 108 Å². The Morgan fingerprint density at radius 2 is 2.41 bits per heavy atom. The smallest absolute Gasteiger partial charge is 0.107 e. The molecule has 96 valence electrons. The second-order valence-electron chi connectivity index (χ2n) is 4.90. The summed E-state index contributed by atoms with van der Waals surface area (Å²) in [6.45, 7) is 4.25. The van der Waals surface area contributed by atoms with E-state index >= 15 is 0 Å². The van der Waals surface area contributed by atoms with Gasteiger partial charge in [0.25, 0.3) is 0 Å². The van der Waals surface area contributed by atoms with Crippen molar-refractivity contribution in [1.82, 2.24) is 20.1 Å². The van der Waals surface area contributed by atoms with Crippen LogP contribution in [-0.4, -0.2) is 55.1 Å². The van der Waals surface area contributed by atoms with Crippen molar-refractivity contribution in [3.63, 3.8) is 0 Å². The monoisotopic (exact) mass is 254 g/mol. The second kappa shape index (κ2) is 5.91. The minimum absolute atomic E-state index is 0.713. The van der Waals surface area contributed by atoms with Gasteiger partial charge in [-0.15, -0.1) is 11.3 Å². The summed E-state index contributed by atoms with van der Waals surface area (Å²) in [6, 6.07) is 0.713. The van der Waals surface area contributed by atoms with E-state index in [2.05, 4.69) is 39.6 Å². The molecule has 1 unspecified atom stereocenters. The molecule has 1 aliphatic rings. The van der Waals surface area contributed by atoms with E-state index < -0.39 is 0 Å². The first kappa shape index (κ1) is 13.0. The Morgan fingerprint density at radius 1 is 1.59 bits per heavy atom. The molecule has 1 aliphatic heterocycles. The van der Waals surface area contributed by atoms with E-state index in [-0.39, 0.29) is 0 Å². The van der Waals surface area contributed by atoms with Crippen LogP contribution in [0.25, 0.3) is 0 Å². The third kappa shape index (κ3) is 3.48. The Balaban J connectivity index is 1.84. The Bertz CT molecular complexity index is 350. The molecule has 1 aromatic heterocycles. The topological polar surface area (TPSA) is 31.4 Å². The van der Waals surface area contributed by atoms with Crippen LogP contribution in [0.1, 0.15) is 17.1 Å². The number of nitrogens with zero attached hydrogens (tertiary/aromatic N) is 3. The molecule has 0 radical (unpaired) electrons. The van der Waals surface area contributed by atoms with Gasteiger partial charge >= 0.3 is 0 Å². The fraction of sp³-hybridized carbons (Fsp3) is 0.750. The minimum Gasteiger partial charge on any atom is -0.314 e. The largest absolute Gasteiger partial charge is 0.314 e. The molecular weight excluding hydrogens is 232 g/mol. The van der Waals surface area contributed by atoms with Crippen LogP contribution >= 0.6 is 11.3 Å². The maximum absolute atomic E-state index is 4.63. The van der Waals surface area contributed by atoms with Crippen molar-refractivity contribution in [2.45, 2.75) is 25.6 Å². The van der Waals surface area contributed by atoms with E-state index in [4.69, 9.17) is 0 Å². The molecule has 1 N–H and O–H groups in total. The van der Waals surface area contributed by atoms with Gasteiger partial charge in [0.1, 0.15) is 5.01 Å². The number of likely N-dealkylation sites (tertiary alicyclic amines) is 1. The van der Waals surface area contributed by atoms with E-state index in [1.54, 1.807) is 11.3 Å². The summed E-state index contributed by atoms with van der Waals surface area (Å²) in [4.78, 5) is 9.46. The fourth-order valence-corrected chi connectivity index (χ4v) is 3.06. The maximum Gasteiger partial charge on any atom is 0.107 e. The lowest BCUT2D eigenvalue weighted by molar-refractivity contribution is 0.263. The lowest BCUT2D eigenvalue weighted by Gasteiger charge is -2.19. The summed E-state index contributed by atoms with van der Waals surface area (Å²) < 4.78 is 0. The van der Waals surface area contributed by atoms with Gasteiger partial charge in [-0.1, -0.05) is 0 Å². The zero-order valence-corrected chi connectivity index (χ0v) is 11.8. The number of likely N-dealkylation sites (N-methyl/N-ethyl adjacent to an activating group) is 1. The number of hydrogen-bond donors (Lipinski definition) is 1. The highest BCUT2D eigenvalue weighted by Crippen LogP contribution is 2.17. The van der Waals surface area contributed by atoms with E-state index in [9.17, 15) is 0 Å². The summed E-state index contributed by atoms with van der Waals surface area (Å²) in [5, 5.41) is 6.52. The molecule has 1 fully saturated rings. The lowest BCUT2D eigenvalue weighted by Crippen LogP contribution is -2.31. The standard InChI is InChI=1S/C12H22N4S/c1-13-6-12-14-10(9-17-12)7-16-5-4-11(8-16)15(2)3/h9,11,13H,4-8H2,1-3H3. The van der Waals surface area contributed by atoms with Crippen molar-refractivity contribution in [3.05, 3.63) is 16.1 Å². The third-order valence-electron chi connectivity index (χ3n) is 3.29. The predicted octanol–water partition coefficient (Wildman–Crippen LogP) is 0.998. The average Bonchev–Trinajstić information content (AvgIpc) is 2.89. The van der Waals surface area contributed by atoms with Gasteiger partial charge in [0.15, 0.2) is 0 Å². The Hall–Kier alpha value is -0.490. The van der Waals surface area contributed by atoms with Crippen LogP contribution in [0.15, 0.2) is 5.38 Å². The summed E-state index contributed by atoms with van der Waals surface area (Å²) in [5.74, 6) is 0. The Morgan fingerprint density at radius 3 is 3.06 bits per heavy atom. The van der Waals surface area contributed by atoms with Crippen LogP contribution in [0, 0.1) is 0 Å². The first-order valence-corrected chi connectivity index (χ1v) is 7.03. The first-order valence-electron chi connectivity index (χ1n) is 6.15. The van der Waals surface area contributed by atoms with Gasteiger partial charge in [0.2, 0.25) is 0 Å². The number of nitrogens with one attached hydrogen (secondary N) is 1. The summed E-state index contributed by atoms with van der Waals surface area (Å²) in [6.07, 6.45) is 1.28. The highest BCUT2D eigenvalue weighted by molar-refractivity contribution is 7.09. The van der Waals surface area contributed by atoms with Crippen LogP contribution in [0.2, 0.25) is 0 Å². The molecule has 17 heavy (non-hydrogen) atoms. The quantitative estimate of drug-likeness (QED) is 0.849. The molecule has 0 aromatic carbocycles. The predicted molar refractivity (Wildman–Crippen MR) is 72.2 cm³/mol. The second-order valence-corrected chi connectivity index (χ2v) is 5.85.